The van der Waals surface area contributed by atoms with Gasteiger partial charge in [0.25, 0.3) is 5.91 Å². The summed E-state index contributed by atoms with van der Waals surface area (Å²) in [4.78, 5) is 24.5. The van der Waals surface area contributed by atoms with Gasteiger partial charge in [0.2, 0.25) is 0 Å². The predicted molar refractivity (Wildman–Crippen MR) is 134 cm³/mol. The van der Waals surface area contributed by atoms with Crippen molar-refractivity contribution in [2.45, 2.75) is 0 Å². The van der Waals surface area contributed by atoms with Crippen LogP contribution >= 0.6 is 59.4 Å². The summed E-state index contributed by atoms with van der Waals surface area (Å²) in [5, 5.41) is 4.47. The van der Waals surface area contributed by atoms with Crippen molar-refractivity contribution in [3.63, 3.8) is 0 Å². The number of hydrogen-bond donors (Lipinski definition) is 1. The predicted octanol–water partition coefficient (Wildman–Crippen LogP) is 6.38. The number of rotatable bonds is 7. The minimum Gasteiger partial charge on any atom is -0.483 e. The van der Waals surface area contributed by atoms with E-state index in [0.29, 0.717) is 32.1 Å². The summed E-state index contributed by atoms with van der Waals surface area (Å²) in [6.45, 7) is -0.249. The SMILES string of the molecule is O=C(COc1ccc(Cl)cc1Br)N/N=C/c1cc(Br)ccc1OC(=O)c1ccc(Br)cc1. The first-order valence-corrected chi connectivity index (χ1v) is 11.7. The summed E-state index contributed by atoms with van der Waals surface area (Å²) in [5.74, 6) is -0.213. The molecule has 0 aliphatic heterocycles. The van der Waals surface area contributed by atoms with Crippen LogP contribution in [0.25, 0.3) is 0 Å². The van der Waals surface area contributed by atoms with Crippen LogP contribution < -0.4 is 14.9 Å². The Morgan fingerprint density at radius 3 is 2.34 bits per heavy atom. The van der Waals surface area contributed by atoms with Crippen LogP contribution in [0.2, 0.25) is 5.02 Å². The van der Waals surface area contributed by atoms with E-state index in [1.165, 1.54) is 6.21 Å². The molecule has 0 fully saturated rings. The lowest BCUT2D eigenvalue weighted by Gasteiger charge is -2.09. The third-order valence-corrected chi connectivity index (χ3v) is 5.78. The van der Waals surface area contributed by atoms with E-state index in [4.69, 9.17) is 21.1 Å². The molecule has 0 saturated carbocycles. The van der Waals surface area contributed by atoms with Crippen molar-refractivity contribution >= 4 is 77.5 Å². The molecule has 0 aromatic heterocycles. The molecule has 0 unspecified atom stereocenters. The quantitative estimate of drug-likeness (QED) is 0.140. The average molecular weight is 646 g/mol. The van der Waals surface area contributed by atoms with Gasteiger partial charge in [0.15, 0.2) is 6.61 Å². The molecule has 6 nitrogen and oxygen atoms in total. The number of hydrazone groups is 1. The Kier molecular flexibility index (Phi) is 8.86. The average Bonchev–Trinajstić information content (AvgIpc) is 2.75. The molecular formula is C22H14Br3ClN2O4. The summed E-state index contributed by atoms with van der Waals surface area (Å²) in [5.41, 5.74) is 3.27. The van der Waals surface area contributed by atoms with E-state index in [-0.39, 0.29) is 6.61 Å². The number of benzene rings is 3. The maximum absolute atomic E-state index is 12.4. The number of carbonyl (C=O) groups excluding carboxylic acids is 2. The molecule has 0 heterocycles. The molecule has 0 aliphatic rings. The fourth-order valence-electron chi connectivity index (χ4n) is 2.40. The second-order valence-corrected chi connectivity index (χ2v) is 9.36. The zero-order chi connectivity index (χ0) is 23.1. The van der Waals surface area contributed by atoms with Gasteiger partial charge in [-0.3, -0.25) is 4.79 Å². The van der Waals surface area contributed by atoms with Gasteiger partial charge in [-0.05, 0) is 76.6 Å². The molecule has 1 N–H and O–H groups in total. The van der Waals surface area contributed by atoms with Crippen molar-refractivity contribution in [3.8, 4) is 11.5 Å². The van der Waals surface area contributed by atoms with Gasteiger partial charge in [0.1, 0.15) is 11.5 Å². The lowest BCUT2D eigenvalue weighted by atomic mass is 10.2. The zero-order valence-electron chi connectivity index (χ0n) is 16.2. The van der Waals surface area contributed by atoms with Crippen molar-refractivity contribution in [1.29, 1.82) is 0 Å². The summed E-state index contributed by atoms with van der Waals surface area (Å²) in [6, 6.07) is 16.8. The zero-order valence-corrected chi connectivity index (χ0v) is 21.7. The molecular weight excluding hydrogens is 631 g/mol. The minimum atomic E-state index is -0.513. The highest BCUT2D eigenvalue weighted by Crippen LogP contribution is 2.28. The summed E-state index contributed by atoms with van der Waals surface area (Å²) in [6.07, 6.45) is 1.38. The summed E-state index contributed by atoms with van der Waals surface area (Å²) >= 11 is 15.9. The second-order valence-electron chi connectivity index (χ2n) is 6.24. The normalized spacial score (nSPS) is 10.8. The van der Waals surface area contributed by atoms with Gasteiger partial charge in [-0.15, -0.1) is 0 Å². The number of halogens is 4. The Hall–Kier alpha value is -2.20. The number of nitrogens with one attached hydrogen (secondary N) is 1. The van der Waals surface area contributed by atoms with Crippen LogP contribution in [0.1, 0.15) is 15.9 Å². The largest absolute Gasteiger partial charge is 0.483 e. The van der Waals surface area contributed by atoms with Crippen molar-refractivity contribution in [2.24, 2.45) is 5.10 Å². The van der Waals surface area contributed by atoms with Crippen molar-refractivity contribution in [3.05, 3.63) is 90.2 Å². The van der Waals surface area contributed by atoms with Gasteiger partial charge in [-0.2, -0.15) is 5.10 Å². The number of hydrogen-bond acceptors (Lipinski definition) is 5. The van der Waals surface area contributed by atoms with Gasteiger partial charge in [0.05, 0.1) is 16.3 Å². The highest BCUT2D eigenvalue weighted by atomic mass is 79.9. The van der Waals surface area contributed by atoms with E-state index in [9.17, 15) is 9.59 Å². The lowest BCUT2D eigenvalue weighted by molar-refractivity contribution is -0.123. The smallest absolute Gasteiger partial charge is 0.343 e. The van der Waals surface area contributed by atoms with Crippen molar-refractivity contribution in [1.82, 2.24) is 5.43 Å². The third-order valence-electron chi connectivity index (χ3n) is 3.90. The third kappa shape index (κ3) is 7.16. The number of amides is 1. The standard InChI is InChI=1S/C22H14Br3ClN2O4/c23-15-3-1-13(2-4-15)22(30)32-19-7-5-16(24)9-14(19)11-27-28-21(29)12-31-20-8-6-17(26)10-18(20)25/h1-11H,12H2,(H,28,29)/b27-11+. The monoisotopic (exact) mass is 642 g/mol. The molecule has 0 aliphatic carbocycles. The molecule has 3 aromatic carbocycles. The van der Waals surface area contributed by atoms with Crippen LogP contribution in [0.4, 0.5) is 0 Å². The van der Waals surface area contributed by atoms with Gasteiger partial charge in [-0.25, -0.2) is 10.2 Å². The first-order valence-electron chi connectivity index (χ1n) is 8.99. The maximum atomic E-state index is 12.4. The lowest BCUT2D eigenvalue weighted by Crippen LogP contribution is -2.24. The molecule has 0 bridgehead atoms. The number of nitrogens with zero attached hydrogens (tertiary/aromatic N) is 1. The number of esters is 1. The first kappa shape index (κ1) is 24.4. The topological polar surface area (TPSA) is 77.0 Å². The molecule has 3 aromatic rings. The first-order chi connectivity index (χ1) is 15.3. The maximum Gasteiger partial charge on any atom is 0.343 e. The molecule has 32 heavy (non-hydrogen) atoms. The Bertz CT molecular complexity index is 1170. The Morgan fingerprint density at radius 1 is 0.938 bits per heavy atom. The van der Waals surface area contributed by atoms with Crippen LogP contribution in [0.15, 0.2) is 79.2 Å². The molecule has 1 amide bonds. The van der Waals surface area contributed by atoms with Crippen LogP contribution in [-0.4, -0.2) is 24.7 Å². The van der Waals surface area contributed by atoms with Gasteiger partial charge in [-0.1, -0.05) is 43.5 Å². The van der Waals surface area contributed by atoms with Crippen molar-refractivity contribution in [2.75, 3.05) is 6.61 Å². The van der Waals surface area contributed by atoms with Crippen LogP contribution in [-0.2, 0) is 4.79 Å². The Labute approximate surface area is 214 Å². The number of carbonyl (C=O) groups is 2. The van der Waals surface area contributed by atoms with E-state index in [1.54, 1.807) is 60.7 Å². The van der Waals surface area contributed by atoms with Gasteiger partial charge >= 0.3 is 5.97 Å². The van der Waals surface area contributed by atoms with E-state index in [1.807, 2.05) is 0 Å². The van der Waals surface area contributed by atoms with Gasteiger partial charge in [0, 0.05) is 19.5 Å². The Balaban J connectivity index is 1.62. The van der Waals surface area contributed by atoms with E-state index >= 15 is 0 Å². The fourth-order valence-corrected chi connectivity index (χ4v) is 3.84. The molecule has 164 valence electrons. The summed E-state index contributed by atoms with van der Waals surface area (Å²) in [7, 11) is 0. The fraction of sp³-hybridized carbons (Fsp3) is 0.0455. The molecule has 0 saturated heterocycles. The van der Waals surface area contributed by atoms with Crippen LogP contribution in [0, 0.1) is 0 Å². The molecule has 10 heteroatoms. The van der Waals surface area contributed by atoms with E-state index in [0.717, 1.165) is 8.95 Å². The summed E-state index contributed by atoms with van der Waals surface area (Å²) < 4.78 is 13.2. The second kappa shape index (κ2) is 11.6. The molecule has 0 atom stereocenters. The molecule has 3 rings (SSSR count). The van der Waals surface area contributed by atoms with E-state index in [2.05, 4.69) is 58.3 Å². The van der Waals surface area contributed by atoms with E-state index < -0.39 is 11.9 Å². The molecule has 0 radical (unpaired) electrons. The highest BCUT2D eigenvalue weighted by molar-refractivity contribution is 9.11. The van der Waals surface area contributed by atoms with Crippen molar-refractivity contribution < 1.29 is 19.1 Å². The van der Waals surface area contributed by atoms with Crippen LogP contribution in [0.3, 0.4) is 0 Å². The van der Waals surface area contributed by atoms with Crippen LogP contribution in [0.5, 0.6) is 11.5 Å². The number of ether oxygens (including phenoxy) is 2. The molecule has 0 spiro atoms. The highest BCUT2D eigenvalue weighted by Gasteiger charge is 2.12. The minimum absolute atomic E-state index is 0.249. The Morgan fingerprint density at radius 2 is 1.62 bits per heavy atom. The van der Waals surface area contributed by atoms with Gasteiger partial charge < -0.3 is 9.47 Å².